The summed E-state index contributed by atoms with van der Waals surface area (Å²) in [5.74, 6) is 0. The molecule has 16 heavy (non-hydrogen) atoms. The minimum Gasteiger partial charge on any atom is -0.444 e. The first kappa shape index (κ1) is 12.9. The number of alkyl carbamates (subject to hydrolysis) is 1. The Hall–Kier alpha value is -1.17. The molecule has 0 aromatic carbocycles. The maximum absolute atomic E-state index is 11.3. The molecular weight excluding hydrogens is 226 g/mol. The van der Waals surface area contributed by atoms with Gasteiger partial charge in [-0.2, -0.15) is 0 Å². The molecule has 1 amide bonds. The van der Waals surface area contributed by atoms with Crippen molar-refractivity contribution in [1.82, 2.24) is 15.5 Å². The van der Waals surface area contributed by atoms with Crippen LogP contribution in [0.1, 0.15) is 37.7 Å². The predicted octanol–water partition coefficient (Wildman–Crippen LogP) is 2.13. The standard InChI is InChI=1S/C10H17N3O2S/c1-5-7-12-13-8(16-7)6-11-9(14)15-10(2,3)4/h5-6H2,1-4H3,(H,11,14). The lowest BCUT2D eigenvalue weighted by molar-refractivity contribution is 0.0523. The number of nitrogens with zero attached hydrogens (tertiary/aromatic N) is 2. The molecule has 0 saturated heterocycles. The first-order valence-corrected chi connectivity index (χ1v) is 6.00. The van der Waals surface area contributed by atoms with Crippen LogP contribution in [0.4, 0.5) is 4.79 Å². The number of hydrogen-bond donors (Lipinski definition) is 1. The molecule has 0 radical (unpaired) electrons. The van der Waals surface area contributed by atoms with Crippen molar-refractivity contribution in [1.29, 1.82) is 0 Å². The smallest absolute Gasteiger partial charge is 0.408 e. The lowest BCUT2D eigenvalue weighted by Crippen LogP contribution is -2.32. The monoisotopic (exact) mass is 243 g/mol. The average molecular weight is 243 g/mol. The van der Waals surface area contributed by atoms with Crippen LogP contribution in [0.2, 0.25) is 0 Å². The lowest BCUT2D eigenvalue weighted by atomic mass is 10.2. The molecule has 0 bridgehead atoms. The van der Waals surface area contributed by atoms with Gasteiger partial charge in [0.15, 0.2) is 0 Å². The molecule has 6 heteroatoms. The predicted molar refractivity (Wildman–Crippen MR) is 62.4 cm³/mol. The SMILES string of the molecule is CCc1nnc(CNC(=O)OC(C)(C)C)s1. The van der Waals surface area contributed by atoms with E-state index >= 15 is 0 Å². The number of nitrogens with one attached hydrogen (secondary N) is 1. The van der Waals surface area contributed by atoms with E-state index in [1.807, 2.05) is 27.7 Å². The highest BCUT2D eigenvalue weighted by Gasteiger charge is 2.16. The van der Waals surface area contributed by atoms with Crippen molar-refractivity contribution < 1.29 is 9.53 Å². The van der Waals surface area contributed by atoms with Gasteiger partial charge in [-0.05, 0) is 27.2 Å². The number of aryl methyl sites for hydroxylation is 1. The number of hydrogen-bond acceptors (Lipinski definition) is 5. The van der Waals surface area contributed by atoms with Crippen LogP contribution < -0.4 is 5.32 Å². The molecule has 0 spiro atoms. The number of amides is 1. The number of aromatic nitrogens is 2. The molecule has 0 unspecified atom stereocenters. The second-order valence-electron chi connectivity index (χ2n) is 4.30. The summed E-state index contributed by atoms with van der Waals surface area (Å²) in [6.45, 7) is 7.87. The molecule has 1 heterocycles. The highest BCUT2D eigenvalue weighted by Crippen LogP contribution is 2.10. The van der Waals surface area contributed by atoms with Crippen LogP contribution in [-0.4, -0.2) is 21.9 Å². The van der Waals surface area contributed by atoms with E-state index in [0.717, 1.165) is 16.4 Å². The first-order chi connectivity index (χ1) is 7.40. The van der Waals surface area contributed by atoms with Crippen molar-refractivity contribution in [2.45, 2.75) is 46.3 Å². The van der Waals surface area contributed by atoms with Crippen molar-refractivity contribution >= 4 is 17.4 Å². The molecule has 0 saturated carbocycles. The molecule has 5 nitrogen and oxygen atoms in total. The second-order valence-corrected chi connectivity index (χ2v) is 5.45. The van der Waals surface area contributed by atoms with Crippen LogP contribution in [0.5, 0.6) is 0 Å². The number of rotatable bonds is 3. The Labute approximate surface area is 99.2 Å². The van der Waals surface area contributed by atoms with E-state index in [2.05, 4.69) is 15.5 Å². The molecule has 1 aromatic heterocycles. The highest BCUT2D eigenvalue weighted by molar-refractivity contribution is 7.11. The zero-order valence-electron chi connectivity index (χ0n) is 10.0. The highest BCUT2D eigenvalue weighted by atomic mass is 32.1. The Kier molecular flexibility index (Phi) is 4.23. The molecule has 1 rings (SSSR count). The third kappa shape index (κ3) is 4.57. The summed E-state index contributed by atoms with van der Waals surface area (Å²) >= 11 is 1.50. The number of carbonyl (C=O) groups excluding carboxylic acids is 1. The van der Waals surface area contributed by atoms with Gasteiger partial charge in [-0.3, -0.25) is 0 Å². The van der Waals surface area contributed by atoms with Gasteiger partial charge in [-0.1, -0.05) is 18.3 Å². The Morgan fingerprint density at radius 3 is 2.50 bits per heavy atom. The molecule has 0 fully saturated rings. The average Bonchev–Trinajstić information content (AvgIpc) is 2.59. The lowest BCUT2D eigenvalue weighted by Gasteiger charge is -2.19. The number of carbonyl (C=O) groups is 1. The van der Waals surface area contributed by atoms with Gasteiger partial charge in [0, 0.05) is 0 Å². The largest absolute Gasteiger partial charge is 0.444 e. The van der Waals surface area contributed by atoms with E-state index in [0.29, 0.717) is 6.54 Å². The zero-order chi connectivity index (χ0) is 12.2. The molecule has 0 aliphatic carbocycles. The third-order valence-corrected chi connectivity index (χ3v) is 2.66. The fraction of sp³-hybridized carbons (Fsp3) is 0.700. The van der Waals surface area contributed by atoms with Crippen molar-refractivity contribution in [2.75, 3.05) is 0 Å². The molecule has 0 atom stereocenters. The molecule has 1 aromatic rings. The molecule has 0 aliphatic rings. The topological polar surface area (TPSA) is 64.1 Å². The minimum absolute atomic E-state index is 0.368. The Morgan fingerprint density at radius 1 is 1.38 bits per heavy atom. The Morgan fingerprint density at radius 2 is 2.00 bits per heavy atom. The summed E-state index contributed by atoms with van der Waals surface area (Å²) in [7, 11) is 0. The van der Waals surface area contributed by atoms with Crippen molar-refractivity contribution in [3.8, 4) is 0 Å². The summed E-state index contributed by atoms with van der Waals surface area (Å²) in [6, 6.07) is 0. The van der Waals surface area contributed by atoms with E-state index in [1.165, 1.54) is 11.3 Å². The van der Waals surface area contributed by atoms with Crippen molar-refractivity contribution in [2.24, 2.45) is 0 Å². The van der Waals surface area contributed by atoms with Crippen LogP contribution in [0.25, 0.3) is 0 Å². The van der Waals surface area contributed by atoms with Crippen LogP contribution in [0.15, 0.2) is 0 Å². The second kappa shape index (κ2) is 5.25. The van der Waals surface area contributed by atoms with Gasteiger partial charge >= 0.3 is 6.09 Å². The zero-order valence-corrected chi connectivity index (χ0v) is 10.8. The van der Waals surface area contributed by atoms with E-state index in [-0.39, 0.29) is 0 Å². The van der Waals surface area contributed by atoms with Crippen molar-refractivity contribution in [3.05, 3.63) is 10.0 Å². The fourth-order valence-electron chi connectivity index (χ4n) is 0.965. The summed E-state index contributed by atoms with van der Waals surface area (Å²) in [4.78, 5) is 11.3. The van der Waals surface area contributed by atoms with Crippen molar-refractivity contribution in [3.63, 3.8) is 0 Å². The fourth-order valence-corrected chi connectivity index (χ4v) is 1.69. The summed E-state index contributed by atoms with van der Waals surface area (Å²) in [5, 5.41) is 12.3. The Balaban J connectivity index is 2.37. The van der Waals surface area contributed by atoms with Gasteiger partial charge in [0.05, 0.1) is 6.54 Å². The van der Waals surface area contributed by atoms with E-state index in [9.17, 15) is 4.79 Å². The maximum atomic E-state index is 11.3. The van der Waals surface area contributed by atoms with E-state index in [1.54, 1.807) is 0 Å². The van der Waals surface area contributed by atoms with Gasteiger partial charge in [0.1, 0.15) is 15.6 Å². The summed E-state index contributed by atoms with van der Waals surface area (Å²) < 4.78 is 5.10. The molecule has 90 valence electrons. The normalized spacial score (nSPS) is 11.2. The minimum atomic E-state index is -0.472. The molecule has 1 N–H and O–H groups in total. The van der Waals surface area contributed by atoms with Crippen LogP contribution >= 0.6 is 11.3 Å². The van der Waals surface area contributed by atoms with Gasteiger partial charge in [-0.15, -0.1) is 10.2 Å². The Bertz CT molecular complexity index is 357. The maximum Gasteiger partial charge on any atom is 0.408 e. The summed E-state index contributed by atoms with van der Waals surface area (Å²) in [5.41, 5.74) is -0.472. The van der Waals surface area contributed by atoms with Gasteiger partial charge in [0.2, 0.25) is 0 Å². The van der Waals surface area contributed by atoms with Crippen LogP contribution in [0, 0.1) is 0 Å². The quantitative estimate of drug-likeness (QED) is 0.883. The van der Waals surface area contributed by atoms with E-state index in [4.69, 9.17) is 4.74 Å². The molecule has 0 aliphatic heterocycles. The molecular formula is C10H17N3O2S. The number of ether oxygens (including phenoxy) is 1. The summed E-state index contributed by atoms with van der Waals surface area (Å²) in [6.07, 6.45) is 0.435. The third-order valence-electron chi connectivity index (χ3n) is 1.59. The van der Waals surface area contributed by atoms with Crippen LogP contribution in [-0.2, 0) is 17.7 Å². The van der Waals surface area contributed by atoms with Gasteiger partial charge < -0.3 is 10.1 Å². The van der Waals surface area contributed by atoms with E-state index < -0.39 is 11.7 Å². The van der Waals surface area contributed by atoms with Gasteiger partial charge in [0.25, 0.3) is 0 Å². The first-order valence-electron chi connectivity index (χ1n) is 5.19. The van der Waals surface area contributed by atoms with Gasteiger partial charge in [-0.25, -0.2) is 4.79 Å². The van der Waals surface area contributed by atoms with Crippen LogP contribution in [0.3, 0.4) is 0 Å².